The van der Waals surface area contributed by atoms with Gasteiger partial charge in [-0.05, 0) is 37.9 Å². The highest BCUT2D eigenvalue weighted by molar-refractivity contribution is 9.09. The molecule has 0 N–H and O–H groups in total. The van der Waals surface area contributed by atoms with Crippen molar-refractivity contribution in [3.8, 4) is 5.75 Å². The van der Waals surface area contributed by atoms with Crippen LogP contribution in [0.3, 0.4) is 0 Å². The molecule has 1 saturated heterocycles. The summed E-state index contributed by atoms with van der Waals surface area (Å²) in [5.41, 5.74) is 2.71. The zero-order valence-electron chi connectivity index (χ0n) is 10.9. The molecular formula is C15H20BrNO. The van der Waals surface area contributed by atoms with E-state index in [0.29, 0.717) is 10.9 Å². The third-order valence-electron chi connectivity index (χ3n) is 3.87. The zero-order chi connectivity index (χ0) is 12.5. The van der Waals surface area contributed by atoms with Gasteiger partial charge in [-0.15, -0.1) is 0 Å². The molecule has 2 nitrogen and oxygen atoms in total. The summed E-state index contributed by atoms with van der Waals surface area (Å²) in [5, 5.41) is 0. The Hall–Kier alpha value is -0.540. The Labute approximate surface area is 117 Å². The molecule has 2 aliphatic rings. The summed E-state index contributed by atoms with van der Waals surface area (Å²) in [5.74, 6) is 1.10. The minimum Gasteiger partial charge on any atom is -0.488 e. The van der Waals surface area contributed by atoms with Crippen LogP contribution in [0.1, 0.15) is 24.0 Å². The second-order valence-electron chi connectivity index (χ2n) is 5.55. The predicted octanol–water partition coefficient (Wildman–Crippen LogP) is 3.16. The lowest BCUT2D eigenvalue weighted by Crippen LogP contribution is -2.41. The SMILES string of the molecule is Cc1ccc2c(c1)CC(CN1CCCC(Br)C1)O2. The Kier molecular flexibility index (Phi) is 3.62. The van der Waals surface area contributed by atoms with Crippen molar-refractivity contribution in [3.05, 3.63) is 29.3 Å². The second kappa shape index (κ2) is 5.22. The van der Waals surface area contributed by atoms with E-state index < -0.39 is 0 Å². The van der Waals surface area contributed by atoms with Crippen molar-refractivity contribution < 1.29 is 4.74 Å². The molecule has 0 saturated carbocycles. The Balaban J connectivity index is 1.60. The second-order valence-corrected chi connectivity index (χ2v) is 6.85. The molecule has 0 aliphatic carbocycles. The van der Waals surface area contributed by atoms with Crippen LogP contribution < -0.4 is 4.74 Å². The lowest BCUT2D eigenvalue weighted by molar-refractivity contribution is 0.137. The maximum absolute atomic E-state index is 6.04. The molecule has 0 radical (unpaired) electrons. The van der Waals surface area contributed by atoms with Crippen LogP contribution in [0.15, 0.2) is 18.2 Å². The fourth-order valence-corrected chi connectivity index (χ4v) is 3.74. The summed E-state index contributed by atoms with van der Waals surface area (Å²) in [6, 6.07) is 6.52. The van der Waals surface area contributed by atoms with E-state index in [2.05, 4.69) is 46.0 Å². The molecule has 3 rings (SSSR count). The molecule has 98 valence electrons. The van der Waals surface area contributed by atoms with Crippen molar-refractivity contribution in [2.45, 2.75) is 37.1 Å². The minimum absolute atomic E-state index is 0.347. The van der Waals surface area contributed by atoms with Crippen molar-refractivity contribution in [2.75, 3.05) is 19.6 Å². The Morgan fingerprint density at radius 2 is 2.33 bits per heavy atom. The Morgan fingerprint density at radius 1 is 1.44 bits per heavy atom. The van der Waals surface area contributed by atoms with Gasteiger partial charge in [-0.3, -0.25) is 4.90 Å². The van der Waals surface area contributed by atoms with E-state index in [-0.39, 0.29) is 0 Å². The minimum atomic E-state index is 0.347. The van der Waals surface area contributed by atoms with Crippen LogP contribution >= 0.6 is 15.9 Å². The van der Waals surface area contributed by atoms with E-state index in [1.807, 2.05) is 0 Å². The number of hydrogen-bond acceptors (Lipinski definition) is 2. The van der Waals surface area contributed by atoms with Gasteiger partial charge in [-0.2, -0.15) is 0 Å². The van der Waals surface area contributed by atoms with Crippen molar-refractivity contribution in [1.29, 1.82) is 0 Å². The molecule has 0 aromatic heterocycles. The first-order valence-electron chi connectivity index (χ1n) is 6.83. The van der Waals surface area contributed by atoms with Crippen LogP contribution in [0.2, 0.25) is 0 Å². The molecule has 2 atom stereocenters. The zero-order valence-corrected chi connectivity index (χ0v) is 12.4. The van der Waals surface area contributed by atoms with Gasteiger partial charge in [0, 0.05) is 24.3 Å². The number of piperidine rings is 1. The largest absolute Gasteiger partial charge is 0.488 e. The summed E-state index contributed by atoms with van der Waals surface area (Å²) < 4.78 is 6.04. The van der Waals surface area contributed by atoms with Crippen molar-refractivity contribution >= 4 is 15.9 Å². The summed E-state index contributed by atoms with van der Waals surface area (Å²) >= 11 is 3.73. The summed E-state index contributed by atoms with van der Waals surface area (Å²) in [4.78, 5) is 3.20. The monoisotopic (exact) mass is 309 g/mol. The Morgan fingerprint density at radius 3 is 3.17 bits per heavy atom. The molecular weight excluding hydrogens is 290 g/mol. The fourth-order valence-electron chi connectivity index (χ4n) is 3.00. The van der Waals surface area contributed by atoms with E-state index in [4.69, 9.17) is 4.74 Å². The maximum atomic E-state index is 6.04. The molecule has 2 heterocycles. The maximum Gasteiger partial charge on any atom is 0.123 e. The van der Waals surface area contributed by atoms with Gasteiger partial charge in [0.2, 0.25) is 0 Å². The van der Waals surface area contributed by atoms with Crippen molar-refractivity contribution in [3.63, 3.8) is 0 Å². The third-order valence-corrected chi connectivity index (χ3v) is 4.61. The summed E-state index contributed by atoms with van der Waals surface area (Å²) in [7, 11) is 0. The number of aryl methyl sites for hydroxylation is 1. The topological polar surface area (TPSA) is 12.5 Å². The molecule has 2 unspecified atom stereocenters. The molecule has 1 aromatic carbocycles. The molecule has 0 amide bonds. The summed E-state index contributed by atoms with van der Waals surface area (Å²) in [6.07, 6.45) is 4.02. The highest BCUT2D eigenvalue weighted by Crippen LogP contribution is 2.30. The molecule has 1 fully saturated rings. The highest BCUT2D eigenvalue weighted by atomic mass is 79.9. The van der Waals surface area contributed by atoms with Crippen molar-refractivity contribution in [1.82, 2.24) is 4.90 Å². The number of alkyl halides is 1. The van der Waals surface area contributed by atoms with Gasteiger partial charge in [-0.1, -0.05) is 33.6 Å². The summed E-state index contributed by atoms with van der Waals surface area (Å²) in [6.45, 7) is 5.59. The fraction of sp³-hybridized carbons (Fsp3) is 0.600. The van der Waals surface area contributed by atoms with E-state index in [0.717, 1.165) is 25.3 Å². The van der Waals surface area contributed by atoms with Gasteiger partial charge in [0.15, 0.2) is 0 Å². The number of benzene rings is 1. The van der Waals surface area contributed by atoms with Crippen LogP contribution in [-0.2, 0) is 6.42 Å². The average molecular weight is 310 g/mol. The number of rotatable bonds is 2. The van der Waals surface area contributed by atoms with Crippen LogP contribution in [0.25, 0.3) is 0 Å². The smallest absolute Gasteiger partial charge is 0.123 e. The molecule has 18 heavy (non-hydrogen) atoms. The van der Waals surface area contributed by atoms with Gasteiger partial charge < -0.3 is 4.74 Å². The number of fused-ring (bicyclic) bond motifs is 1. The lowest BCUT2D eigenvalue weighted by Gasteiger charge is -2.31. The number of halogens is 1. The van der Waals surface area contributed by atoms with Crippen molar-refractivity contribution in [2.24, 2.45) is 0 Å². The van der Waals surface area contributed by atoms with E-state index in [9.17, 15) is 0 Å². The van der Waals surface area contributed by atoms with E-state index in [1.165, 1.54) is 30.5 Å². The number of hydrogen-bond donors (Lipinski definition) is 0. The first-order valence-corrected chi connectivity index (χ1v) is 7.75. The van der Waals surface area contributed by atoms with Crippen LogP contribution in [-0.4, -0.2) is 35.5 Å². The average Bonchev–Trinajstić information content (AvgIpc) is 2.70. The standard InChI is InChI=1S/C15H20BrNO/c1-11-4-5-15-12(7-11)8-14(18-15)10-17-6-2-3-13(16)9-17/h4-5,7,13-14H,2-3,6,8-10H2,1H3. The number of ether oxygens (including phenoxy) is 1. The Bertz CT molecular complexity index is 435. The molecule has 2 aliphatic heterocycles. The first-order chi connectivity index (χ1) is 8.70. The van der Waals surface area contributed by atoms with Gasteiger partial charge in [-0.25, -0.2) is 0 Å². The van der Waals surface area contributed by atoms with Gasteiger partial charge in [0.05, 0.1) is 0 Å². The predicted molar refractivity (Wildman–Crippen MR) is 77.7 cm³/mol. The van der Waals surface area contributed by atoms with Crippen LogP contribution in [0, 0.1) is 6.92 Å². The molecule has 0 bridgehead atoms. The van der Waals surface area contributed by atoms with Gasteiger partial charge >= 0.3 is 0 Å². The third kappa shape index (κ3) is 2.72. The molecule has 0 spiro atoms. The number of nitrogens with zero attached hydrogens (tertiary/aromatic N) is 1. The van der Waals surface area contributed by atoms with Gasteiger partial charge in [0.25, 0.3) is 0 Å². The van der Waals surface area contributed by atoms with Crippen LogP contribution in [0.5, 0.6) is 5.75 Å². The molecule has 3 heteroatoms. The number of likely N-dealkylation sites (tertiary alicyclic amines) is 1. The quantitative estimate of drug-likeness (QED) is 0.778. The first kappa shape index (κ1) is 12.5. The molecule has 1 aromatic rings. The van der Waals surface area contributed by atoms with Crippen LogP contribution in [0.4, 0.5) is 0 Å². The lowest BCUT2D eigenvalue weighted by atomic mass is 10.1. The van der Waals surface area contributed by atoms with E-state index in [1.54, 1.807) is 0 Å². The van der Waals surface area contributed by atoms with Gasteiger partial charge in [0.1, 0.15) is 11.9 Å². The normalized spacial score (nSPS) is 27.9. The highest BCUT2D eigenvalue weighted by Gasteiger charge is 2.26. The van der Waals surface area contributed by atoms with E-state index >= 15 is 0 Å².